The van der Waals surface area contributed by atoms with Gasteiger partial charge in [0.2, 0.25) is 0 Å². The van der Waals surface area contributed by atoms with Crippen LogP contribution in [-0.2, 0) is 0 Å². The number of anilines is 1. The van der Waals surface area contributed by atoms with Crippen LogP contribution in [0, 0.1) is 0 Å². The monoisotopic (exact) mass is 207 g/mol. The largest absolute Gasteiger partial charge is 0.383 e. The summed E-state index contributed by atoms with van der Waals surface area (Å²) in [7, 11) is 0. The van der Waals surface area contributed by atoms with E-state index in [-0.39, 0.29) is 0 Å². The number of hydrogen-bond acceptors (Lipinski definition) is 3. The molecule has 3 nitrogen and oxygen atoms in total. The van der Waals surface area contributed by atoms with Crippen LogP contribution < -0.4 is 11.1 Å². The molecule has 3 N–H and O–H groups in total. The van der Waals surface area contributed by atoms with Crippen molar-refractivity contribution in [2.45, 2.75) is 39.2 Å². The van der Waals surface area contributed by atoms with Gasteiger partial charge < -0.3 is 11.1 Å². The number of nitrogens with zero attached hydrogens (tertiary/aromatic N) is 1. The minimum Gasteiger partial charge on any atom is -0.383 e. The number of nitrogens with two attached hydrogens (primary N) is 1. The average molecular weight is 207 g/mol. The second-order valence-corrected chi connectivity index (χ2v) is 3.73. The zero-order chi connectivity index (χ0) is 11.1. The van der Waals surface area contributed by atoms with Gasteiger partial charge in [0.15, 0.2) is 0 Å². The first-order valence-electron chi connectivity index (χ1n) is 5.73. The number of nitrogens with one attached hydrogen (secondary N) is 1. The molecule has 84 valence electrons. The van der Waals surface area contributed by atoms with Crippen molar-refractivity contribution in [2.75, 3.05) is 12.3 Å². The van der Waals surface area contributed by atoms with Crippen LogP contribution in [0.25, 0.3) is 0 Å². The number of pyridine rings is 1. The van der Waals surface area contributed by atoms with E-state index in [1.165, 1.54) is 12.8 Å². The van der Waals surface area contributed by atoms with E-state index in [2.05, 4.69) is 30.2 Å². The number of aromatic nitrogens is 1. The SMILES string of the molecule is CCCCC(NCC)c1cccnc1N. The highest BCUT2D eigenvalue weighted by Crippen LogP contribution is 2.22. The van der Waals surface area contributed by atoms with Gasteiger partial charge in [-0.1, -0.05) is 32.8 Å². The molecule has 15 heavy (non-hydrogen) atoms. The Morgan fingerprint density at radius 1 is 1.47 bits per heavy atom. The topological polar surface area (TPSA) is 50.9 Å². The molecule has 0 aliphatic rings. The lowest BCUT2D eigenvalue weighted by atomic mass is 10.0. The lowest BCUT2D eigenvalue weighted by Crippen LogP contribution is -2.22. The van der Waals surface area contributed by atoms with Gasteiger partial charge in [0.05, 0.1) is 0 Å². The first kappa shape index (κ1) is 12.0. The highest BCUT2D eigenvalue weighted by Gasteiger charge is 2.12. The second-order valence-electron chi connectivity index (χ2n) is 3.73. The number of unbranched alkanes of at least 4 members (excludes halogenated alkanes) is 1. The van der Waals surface area contributed by atoms with Crippen LogP contribution in [0.15, 0.2) is 18.3 Å². The Balaban J connectivity index is 2.74. The van der Waals surface area contributed by atoms with E-state index in [1.807, 2.05) is 6.07 Å². The van der Waals surface area contributed by atoms with Crippen LogP contribution in [-0.4, -0.2) is 11.5 Å². The van der Waals surface area contributed by atoms with E-state index < -0.39 is 0 Å². The van der Waals surface area contributed by atoms with Gasteiger partial charge in [-0.25, -0.2) is 4.98 Å². The molecule has 0 aromatic carbocycles. The Morgan fingerprint density at radius 3 is 2.87 bits per heavy atom. The molecule has 1 unspecified atom stereocenters. The first-order valence-corrected chi connectivity index (χ1v) is 5.73. The molecule has 1 rings (SSSR count). The van der Waals surface area contributed by atoms with E-state index >= 15 is 0 Å². The van der Waals surface area contributed by atoms with Crippen LogP contribution in [0.5, 0.6) is 0 Å². The fraction of sp³-hybridized carbons (Fsp3) is 0.583. The van der Waals surface area contributed by atoms with Crippen molar-refractivity contribution in [3.63, 3.8) is 0 Å². The van der Waals surface area contributed by atoms with E-state index in [4.69, 9.17) is 5.73 Å². The fourth-order valence-electron chi connectivity index (χ4n) is 1.75. The summed E-state index contributed by atoms with van der Waals surface area (Å²) >= 11 is 0. The maximum atomic E-state index is 5.87. The van der Waals surface area contributed by atoms with E-state index in [1.54, 1.807) is 6.20 Å². The van der Waals surface area contributed by atoms with Crippen molar-refractivity contribution in [1.29, 1.82) is 0 Å². The molecule has 3 heteroatoms. The smallest absolute Gasteiger partial charge is 0.128 e. The molecule has 0 aliphatic heterocycles. The molecule has 1 aromatic rings. The summed E-state index contributed by atoms with van der Waals surface area (Å²) in [6.45, 7) is 5.28. The predicted octanol–water partition coefficient (Wildman–Crippen LogP) is 2.50. The number of rotatable bonds is 6. The molecular weight excluding hydrogens is 186 g/mol. The predicted molar refractivity (Wildman–Crippen MR) is 64.6 cm³/mol. The van der Waals surface area contributed by atoms with Gasteiger partial charge in [-0.2, -0.15) is 0 Å². The van der Waals surface area contributed by atoms with Crippen LogP contribution in [0.3, 0.4) is 0 Å². The maximum Gasteiger partial charge on any atom is 0.128 e. The van der Waals surface area contributed by atoms with Crippen molar-refractivity contribution in [2.24, 2.45) is 0 Å². The minimum absolute atomic E-state index is 0.351. The summed E-state index contributed by atoms with van der Waals surface area (Å²) in [5, 5.41) is 3.45. The highest BCUT2D eigenvalue weighted by atomic mass is 14.9. The Bertz CT molecular complexity index is 286. The van der Waals surface area contributed by atoms with Gasteiger partial charge in [0.25, 0.3) is 0 Å². The normalized spacial score (nSPS) is 12.7. The van der Waals surface area contributed by atoms with Crippen molar-refractivity contribution in [3.8, 4) is 0 Å². The standard InChI is InChI=1S/C12H21N3/c1-3-5-8-11(14-4-2)10-7-6-9-15-12(10)13/h6-7,9,11,14H,3-5,8H2,1-2H3,(H2,13,15). The van der Waals surface area contributed by atoms with E-state index in [0.29, 0.717) is 11.9 Å². The average Bonchev–Trinajstić information content (AvgIpc) is 2.25. The molecular formula is C12H21N3. The van der Waals surface area contributed by atoms with Crippen molar-refractivity contribution in [1.82, 2.24) is 10.3 Å². The molecule has 0 spiro atoms. The summed E-state index contributed by atoms with van der Waals surface area (Å²) in [4.78, 5) is 4.13. The van der Waals surface area contributed by atoms with Crippen molar-refractivity contribution >= 4 is 5.82 Å². The minimum atomic E-state index is 0.351. The third kappa shape index (κ3) is 3.51. The van der Waals surface area contributed by atoms with Crippen LogP contribution in [0.4, 0.5) is 5.82 Å². The Labute approximate surface area is 92.1 Å². The highest BCUT2D eigenvalue weighted by molar-refractivity contribution is 5.40. The summed E-state index contributed by atoms with van der Waals surface area (Å²) in [6, 6.07) is 4.36. The van der Waals surface area contributed by atoms with Gasteiger partial charge >= 0.3 is 0 Å². The molecule has 0 saturated carbocycles. The summed E-state index contributed by atoms with van der Waals surface area (Å²) in [5.74, 6) is 0.652. The molecule has 1 atom stereocenters. The van der Waals surface area contributed by atoms with Gasteiger partial charge in [0, 0.05) is 17.8 Å². The quantitative estimate of drug-likeness (QED) is 0.753. The number of hydrogen-bond donors (Lipinski definition) is 2. The van der Waals surface area contributed by atoms with E-state index in [0.717, 1.165) is 18.5 Å². The molecule has 0 fully saturated rings. The Kier molecular flexibility index (Phi) is 5.12. The zero-order valence-corrected chi connectivity index (χ0v) is 9.66. The molecule has 0 bridgehead atoms. The molecule has 0 radical (unpaired) electrons. The third-order valence-corrected chi connectivity index (χ3v) is 2.54. The molecule has 0 aliphatic carbocycles. The lowest BCUT2D eigenvalue weighted by Gasteiger charge is -2.18. The van der Waals surface area contributed by atoms with Crippen LogP contribution in [0.1, 0.15) is 44.7 Å². The van der Waals surface area contributed by atoms with Crippen molar-refractivity contribution < 1.29 is 0 Å². The number of nitrogen functional groups attached to an aromatic ring is 1. The second kappa shape index (κ2) is 6.40. The first-order chi connectivity index (χ1) is 7.29. The van der Waals surface area contributed by atoms with Gasteiger partial charge in [-0.3, -0.25) is 0 Å². The Morgan fingerprint density at radius 2 is 2.27 bits per heavy atom. The molecule has 0 amide bonds. The summed E-state index contributed by atoms with van der Waals surface area (Å²) < 4.78 is 0. The molecule has 1 aromatic heterocycles. The van der Waals surface area contributed by atoms with Gasteiger partial charge in [-0.05, 0) is 19.0 Å². The van der Waals surface area contributed by atoms with Gasteiger partial charge in [-0.15, -0.1) is 0 Å². The lowest BCUT2D eigenvalue weighted by molar-refractivity contribution is 0.495. The van der Waals surface area contributed by atoms with Crippen molar-refractivity contribution in [3.05, 3.63) is 23.9 Å². The molecule has 0 saturated heterocycles. The summed E-state index contributed by atoms with van der Waals surface area (Å²) in [6.07, 6.45) is 5.29. The summed E-state index contributed by atoms with van der Waals surface area (Å²) in [5.41, 5.74) is 7.00. The van der Waals surface area contributed by atoms with Crippen LogP contribution in [0.2, 0.25) is 0 Å². The van der Waals surface area contributed by atoms with Crippen LogP contribution >= 0.6 is 0 Å². The maximum absolute atomic E-state index is 5.87. The van der Waals surface area contributed by atoms with Gasteiger partial charge in [0.1, 0.15) is 5.82 Å². The van der Waals surface area contributed by atoms with E-state index in [9.17, 15) is 0 Å². The molecule has 1 heterocycles. The third-order valence-electron chi connectivity index (χ3n) is 2.54. The fourth-order valence-corrected chi connectivity index (χ4v) is 1.75. The zero-order valence-electron chi connectivity index (χ0n) is 9.66. The Hall–Kier alpha value is -1.09.